The summed E-state index contributed by atoms with van der Waals surface area (Å²) >= 11 is 0. The number of carbonyl (C=O) groups is 1. The quantitative estimate of drug-likeness (QED) is 0.208. The standard InChI is InChI=1S/C40H27N3O2/c41-24-27-9-6-12-29(21-27)31-19-20-35-34-16-4-5-17-36(34)43(38(35)23-31)37-18-8-14-32-25-45-26-42(40(44)39(32)37)33-15-7-13-30(22-33)28-10-2-1-3-11-28/h1-23H,25-26H2. The average Bonchev–Trinajstić information content (AvgIpc) is 3.33. The van der Waals surface area contributed by atoms with Gasteiger partial charge in [0.1, 0.15) is 6.73 Å². The third-order valence-corrected chi connectivity index (χ3v) is 8.57. The van der Waals surface area contributed by atoms with Gasteiger partial charge in [0, 0.05) is 16.5 Å². The molecular formula is C40H27N3O2. The molecule has 214 valence electrons. The van der Waals surface area contributed by atoms with Gasteiger partial charge in [0.2, 0.25) is 0 Å². The van der Waals surface area contributed by atoms with Crippen molar-refractivity contribution in [3.63, 3.8) is 0 Å². The SMILES string of the molecule is N#Cc1cccc(-c2ccc3c4ccccc4n(-c4cccc5c4C(=O)N(c4cccc(-c6ccccc6)c4)COC5)c3c2)c1. The molecule has 0 N–H and O–H groups in total. The molecule has 1 aliphatic heterocycles. The summed E-state index contributed by atoms with van der Waals surface area (Å²) in [5.74, 6) is -0.105. The van der Waals surface area contributed by atoms with Crippen molar-refractivity contribution < 1.29 is 9.53 Å². The largest absolute Gasteiger partial charge is 0.356 e. The van der Waals surface area contributed by atoms with E-state index in [1.54, 1.807) is 4.90 Å². The smallest absolute Gasteiger partial charge is 0.262 e. The minimum Gasteiger partial charge on any atom is -0.356 e. The number of anilines is 1. The first-order valence-electron chi connectivity index (χ1n) is 14.9. The Kier molecular flexibility index (Phi) is 6.48. The number of aromatic nitrogens is 1. The van der Waals surface area contributed by atoms with Gasteiger partial charge in [-0.05, 0) is 70.3 Å². The number of fused-ring (bicyclic) bond motifs is 4. The van der Waals surface area contributed by atoms with E-state index in [9.17, 15) is 10.1 Å². The molecule has 2 heterocycles. The fourth-order valence-electron chi connectivity index (χ4n) is 6.43. The van der Waals surface area contributed by atoms with Gasteiger partial charge < -0.3 is 9.30 Å². The number of carbonyl (C=O) groups excluding carboxylic acids is 1. The Hall–Kier alpha value is -5.96. The fraction of sp³-hybridized carbons (Fsp3) is 0.0500. The van der Waals surface area contributed by atoms with Crippen molar-refractivity contribution in [1.29, 1.82) is 5.26 Å². The molecule has 1 aromatic heterocycles. The van der Waals surface area contributed by atoms with Gasteiger partial charge in [0.05, 0.1) is 40.5 Å². The summed E-state index contributed by atoms with van der Waals surface area (Å²) < 4.78 is 8.32. The van der Waals surface area contributed by atoms with E-state index in [4.69, 9.17) is 4.74 Å². The molecule has 0 bridgehead atoms. The predicted octanol–water partition coefficient (Wildman–Crippen LogP) is 9.12. The highest BCUT2D eigenvalue weighted by Crippen LogP contribution is 2.38. The van der Waals surface area contributed by atoms with Gasteiger partial charge in [-0.1, -0.05) is 97.1 Å². The zero-order valence-corrected chi connectivity index (χ0v) is 24.4. The molecule has 45 heavy (non-hydrogen) atoms. The molecule has 0 aliphatic carbocycles. The zero-order chi connectivity index (χ0) is 30.3. The molecule has 8 rings (SSSR count). The second-order valence-electron chi connectivity index (χ2n) is 11.2. The number of amides is 1. The molecule has 0 spiro atoms. The zero-order valence-electron chi connectivity index (χ0n) is 24.4. The molecular weight excluding hydrogens is 554 g/mol. The highest BCUT2D eigenvalue weighted by molar-refractivity contribution is 6.14. The lowest BCUT2D eigenvalue weighted by Gasteiger charge is -2.23. The number of rotatable bonds is 4. The first-order chi connectivity index (χ1) is 22.2. The van der Waals surface area contributed by atoms with Gasteiger partial charge in [-0.2, -0.15) is 5.26 Å². The molecule has 5 heteroatoms. The first kappa shape index (κ1) is 26.7. The average molecular weight is 582 g/mol. The Labute approximate surface area is 260 Å². The molecule has 1 aliphatic rings. The fourth-order valence-corrected chi connectivity index (χ4v) is 6.43. The number of hydrogen-bond acceptors (Lipinski definition) is 3. The second-order valence-corrected chi connectivity index (χ2v) is 11.2. The van der Waals surface area contributed by atoms with Crippen molar-refractivity contribution in [3.05, 3.63) is 156 Å². The van der Waals surface area contributed by atoms with Crippen molar-refractivity contribution in [2.45, 2.75) is 6.61 Å². The molecule has 6 aromatic carbocycles. The van der Waals surface area contributed by atoms with E-state index in [1.165, 1.54) is 0 Å². The van der Waals surface area contributed by atoms with E-state index >= 15 is 0 Å². The summed E-state index contributed by atoms with van der Waals surface area (Å²) in [6, 6.07) is 48.8. The number of nitriles is 1. The molecule has 0 atom stereocenters. The van der Waals surface area contributed by atoms with E-state index in [0.29, 0.717) is 17.7 Å². The molecule has 0 saturated carbocycles. The van der Waals surface area contributed by atoms with Crippen LogP contribution < -0.4 is 4.90 Å². The van der Waals surface area contributed by atoms with Crippen LogP contribution in [-0.2, 0) is 11.3 Å². The highest BCUT2D eigenvalue weighted by Gasteiger charge is 2.29. The Balaban J connectivity index is 1.32. The summed E-state index contributed by atoms with van der Waals surface area (Å²) in [5.41, 5.74) is 9.77. The Morgan fingerprint density at radius 2 is 1.33 bits per heavy atom. The maximum atomic E-state index is 14.6. The van der Waals surface area contributed by atoms with Crippen molar-refractivity contribution in [2.24, 2.45) is 0 Å². The minimum atomic E-state index is -0.105. The highest BCUT2D eigenvalue weighted by atomic mass is 16.5. The van der Waals surface area contributed by atoms with E-state index in [2.05, 4.69) is 59.2 Å². The van der Waals surface area contributed by atoms with Crippen LogP contribution in [0.2, 0.25) is 0 Å². The van der Waals surface area contributed by atoms with Gasteiger partial charge in [-0.25, -0.2) is 0 Å². The van der Waals surface area contributed by atoms with Gasteiger partial charge in [-0.15, -0.1) is 0 Å². The molecule has 7 aromatic rings. The van der Waals surface area contributed by atoms with Gasteiger partial charge >= 0.3 is 0 Å². The molecule has 5 nitrogen and oxygen atoms in total. The summed E-state index contributed by atoms with van der Waals surface area (Å²) in [7, 11) is 0. The van der Waals surface area contributed by atoms with Crippen LogP contribution in [-0.4, -0.2) is 17.2 Å². The van der Waals surface area contributed by atoms with E-state index in [-0.39, 0.29) is 12.6 Å². The summed E-state index contributed by atoms with van der Waals surface area (Å²) in [4.78, 5) is 16.4. The van der Waals surface area contributed by atoms with Crippen LogP contribution in [0, 0.1) is 11.3 Å². The maximum absolute atomic E-state index is 14.6. The van der Waals surface area contributed by atoms with Crippen LogP contribution in [0.15, 0.2) is 140 Å². The van der Waals surface area contributed by atoms with Gasteiger partial charge in [0.25, 0.3) is 5.91 Å². The lowest BCUT2D eigenvalue weighted by atomic mass is 10.0. The third kappa shape index (κ3) is 4.56. The predicted molar refractivity (Wildman–Crippen MR) is 179 cm³/mol. The Morgan fingerprint density at radius 1 is 0.622 bits per heavy atom. The maximum Gasteiger partial charge on any atom is 0.262 e. The van der Waals surface area contributed by atoms with Crippen molar-refractivity contribution in [1.82, 2.24) is 4.57 Å². The number of hydrogen-bond donors (Lipinski definition) is 0. The van der Waals surface area contributed by atoms with Crippen LogP contribution in [0.3, 0.4) is 0 Å². The number of para-hydroxylation sites is 1. The van der Waals surface area contributed by atoms with Crippen molar-refractivity contribution in [3.8, 4) is 34.0 Å². The van der Waals surface area contributed by atoms with Crippen LogP contribution in [0.4, 0.5) is 5.69 Å². The Bertz CT molecular complexity index is 2300. The molecule has 0 fully saturated rings. The van der Waals surface area contributed by atoms with Crippen molar-refractivity contribution in [2.75, 3.05) is 11.6 Å². The van der Waals surface area contributed by atoms with Crippen LogP contribution in [0.5, 0.6) is 0 Å². The van der Waals surface area contributed by atoms with Crippen LogP contribution in [0.1, 0.15) is 21.5 Å². The number of ether oxygens (including phenoxy) is 1. The third-order valence-electron chi connectivity index (χ3n) is 8.57. The summed E-state index contributed by atoms with van der Waals surface area (Å²) in [6.07, 6.45) is 0. The topological polar surface area (TPSA) is 58.3 Å². The Morgan fingerprint density at radius 3 is 2.20 bits per heavy atom. The van der Waals surface area contributed by atoms with Crippen LogP contribution in [0.25, 0.3) is 49.7 Å². The lowest BCUT2D eigenvalue weighted by Crippen LogP contribution is -2.32. The molecule has 0 unspecified atom stereocenters. The van der Waals surface area contributed by atoms with E-state index < -0.39 is 0 Å². The first-order valence-corrected chi connectivity index (χ1v) is 14.9. The minimum absolute atomic E-state index is 0.105. The van der Waals surface area contributed by atoms with Crippen molar-refractivity contribution >= 4 is 33.4 Å². The molecule has 0 radical (unpaired) electrons. The van der Waals surface area contributed by atoms with Gasteiger partial charge in [0.15, 0.2) is 0 Å². The molecule has 1 amide bonds. The second kappa shape index (κ2) is 10.9. The summed E-state index contributed by atoms with van der Waals surface area (Å²) in [6.45, 7) is 0.477. The number of nitrogens with zero attached hydrogens (tertiary/aromatic N) is 3. The van der Waals surface area contributed by atoms with E-state index in [1.807, 2.05) is 91.0 Å². The summed E-state index contributed by atoms with van der Waals surface area (Å²) in [5, 5.41) is 11.7. The van der Waals surface area contributed by atoms with E-state index in [0.717, 1.165) is 61.0 Å². The van der Waals surface area contributed by atoms with Gasteiger partial charge in [-0.3, -0.25) is 9.69 Å². The molecule has 0 saturated heterocycles. The monoisotopic (exact) mass is 581 g/mol. The normalized spacial score (nSPS) is 13.0. The lowest BCUT2D eigenvalue weighted by molar-refractivity contribution is 0.0905. The van der Waals surface area contributed by atoms with Crippen LogP contribution >= 0.6 is 0 Å². The number of benzene rings is 6.